The van der Waals surface area contributed by atoms with Crippen molar-refractivity contribution in [2.75, 3.05) is 18.0 Å². The standard InChI is InChI=1S/C26H32N4S/c1-18-11-13-30(14-12-18)26-29-23(21-10-6-7-19(2)15-21)25(31-26)24-22(16-27-17-28-24)20-8-4-3-5-9-20/h6-7,10,15-18,20H,3-5,8-9,11-14H2,1-2H3. The van der Waals surface area contributed by atoms with Crippen LogP contribution in [-0.4, -0.2) is 28.0 Å². The van der Waals surface area contributed by atoms with Crippen LogP contribution in [0.5, 0.6) is 0 Å². The summed E-state index contributed by atoms with van der Waals surface area (Å²) in [6.07, 6.45) is 12.7. The van der Waals surface area contributed by atoms with E-state index in [-0.39, 0.29) is 0 Å². The van der Waals surface area contributed by atoms with Crippen molar-refractivity contribution in [3.05, 3.63) is 47.9 Å². The van der Waals surface area contributed by atoms with Crippen molar-refractivity contribution >= 4 is 16.5 Å². The van der Waals surface area contributed by atoms with E-state index in [0.29, 0.717) is 5.92 Å². The van der Waals surface area contributed by atoms with Crippen molar-refractivity contribution in [3.8, 4) is 21.8 Å². The monoisotopic (exact) mass is 432 g/mol. The molecule has 1 saturated heterocycles. The summed E-state index contributed by atoms with van der Waals surface area (Å²) in [5.74, 6) is 1.38. The molecule has 2 aromatic heterocycles. The van der Waals surface area contributed by atoms with Crippen LogP contribution in [0, 0.1) is 12.8 Å². The van der Waals surface area contributed by atoms with E-state index < -0.39 is 0 Å². The fourth-order valence-electron chi connectivity index (χ4n) is 5.03. The molecule has 0 atom stereocenters. The summed E-state index contributed by atoms with van der Waals surface area (Å²) in [5, 5.41) is 1.15. The van der Waals surface area contributed by atoms with Gasteiger partial charge in [0.15, 0.2) is 5.13 Å². The zero-order valence-corrected chi connectivity index (χ0v) is 19.5. The topological polar surface area (TPSA) is 41.9 Å². The van der Waals surface area contributed by atoms with Crippen LogP contribution in [0.2, 0.25) is 0 Å². The van der Waals surface area contributed by atoms with Gasteiger partial charge in [-0.05, 0) is 50.5 Å². The van der Waals surface area contributed by atoms with Crippen LogP contribution in [-0.2, 0) is 0 Å². The largest absolute Gasteiger partial charge is 0.348 e. The van der Waals surface area contributed by atoms with Gasteiger partial charge in [-0.2, -0.15) is 0 Å². The predicted octanol–water partition coefficient (Wildman–Crippen LogP) is 6.86. The van der Waals surface area contributed by atoms with Crippen LogP contribution in [0.3, 0.4) is 0 Å². The van der Waals surface area contributed by atoms with Crippen LogP contribution < -0.4 is 4.90 Å². The molecule has 31 heavy (non-hydrogen) atoms. The van der Waals surface area contributed by atoms with E-state index in [1.807, 2.05) is 11.3 Å². The van der Waals surface area contributed by atoms with Gasteiger partial charge in [-0.1, -0.05) is 61.3 Å². The molecule has 2 aliphatic rings. The minimum absolute atomic E-state index is 0.566. The number of aryl methyl sites for hydroxylation is 1. The molecule has 1 aliphatic heterocycles. The normalized spacial score (nSPS) is 18.5. The second kappa shape index (κ2) is 9.07. The summed E-state index contributed by atoms with van der Waals surface area (Å²) in [5.41, 5.74) is 5.96. The molecule has 5 rings (SSSR count). The van der Waals surface area contributed by atoms with Crippen LogP contribution in [0.15, 0.2) is 36.8 Å². The Morgan fingerprint density at radius 3 is 2.58 bits per heavy atom. The number of hydrogen-bond acceptors (Lipinski definition) is 5. The fraction of sp³-hybridized carbons (Fsp3) is 0.500. The van der Waals surface area contributed by atoms with E-state index in [0.717, 1.165) is 35.5 Å². The Morgan fingerprint density at radius 1 is 1.00 bits per heavy atom. The predicted molar refractivity (Wildman–Crippen MR) is 130 cm³/mol. The third-order valence-electron chi connectivity index (χ3n) is 6.96. The molecule has 1 aliphatic carbocycles. The van der Waals surface area contributed by atoms with E-state index in [4.69, 9.17) is 9.97 Å². The van der Waals surface area contributed by atoms with Gasteiger partial charge in [-0.3, -0.25) is 0 Å². The van der Waals surface area contributed by atoms with E-state index in [1.54, 1.807) is 6.33 Å². The molecule has 0 radical (unpaired) electrons. The van der Waals surface area contributed by atoms with Crippen molar-refractivity contribution in [1.29, 1.82) is 0 Å². The second-order valence-electron chi connectivity index (χ2n) is 9.37. The minimum Gasteiger partial charge on any atom is -0.348 e. The van der Waals surface area contributed by atoms with E-state index >= 15 is 0 Å². The maximum absolute atomic E-state index is 5.22. The van der Waals surface area contributed by atoms with E-state index in [1.165, 1.54) is 66.5 Å². The maximum Gasteiger partial charge on any atom is 0.186 e. The molecular weight excluding hydrogens is 400 g/mol. The molecule has 5 heteroatoms. The molecule has 2 fully saturated rings. The lowest BCUT2D eigenvalue weighted by atomic mass is 9.83. The highest BCUT2D eigenvalue weighted by atomic mass is 32.1. The summed E-state index contributed by atoms with van der Waals surface area (Å²) in [6.45, 7) is 6.71. The Labute approximate surface area is 189 Å². The number of nitrogens with zero attached hydrogens (tertiary/aromatic N) is 4. The number of thiazole rings is 1. The highest BCUT2D eigenvalue weighted by Crippen LogP contribution is 2.44. The molecule has 0 bridgehead atoms. The molecule has 0 spiro atoms. The van der Waals surface area contributed by atoms with Crippen LogP contribution in [0.25, 0.3) is 21.8 Å². The Kier molecular flexibility index (Phi) is 6.04. The molecule has 0 N–H and O–H groups in total. The first-order valence-electron chi connectivity index (χ1n) is 11.8. The van der Waals surface area contributed by atoms with E-state index in [2.05, 4.69) is 54.2 Å². The lowest BCUT2D eigenvalue weighted by molar-refractivity contribution is 0.438. The van der Waals surface area contributed by atoms with Crippen molar-refractivity contribution < 1.29 is 0 Å². The quantitative estimate of drug-likeness (QED) is 0.452. The fourth-order valence-corrected chi connectivity index (χ4v) is 6.19. The van der Waals surface area contributed by atoms with Gasteiger partial charge >= 0.3 is 0 Å². The summed E-state index contributed by atoms with van der Waals surface area (Å²) in [4.78, 5) is 18.2. The number of benzene rings is 1. The Balaban J connectivity index is 1.61. The lowest BCUT2D eigenvalue weighted by Crippen LogP contribution is -2.32. The molecule has 0 unspecified atom stereocenters. The lowest BCUT2D eigenvalue weighted by Gasteiger charge is -2.29. The smallest absolute Gasteiger partial charge is 0.186 e. The highest BCUT2D eigenvalue weighted by Gasteiger charge is 2.26. The van der Waals surface area contributed by atoms with Gasteiger partial charge in [0.2, 0.25) is 0 Å². The summed E-state index contributed by atoms with van der Waals surface area (Å²) < 4.78 is 0. The zero-order chi connectivity index (χ0) is 21.2. The van der Waals surface area contributed by atoms with Crippen molar-refractivity contribution in [3.63, 3.8) is 0 Å². The third kappa shape index (κ3) is 4.38. The van der Waals surface area contributed by atoms with Crippen LogP contribution in [0.4, 0.5) is 5.13 Å². The first-order valence-corrected chi connectivity index (χ1v) is 12.6. The first kappa shape index (κ1) is 20.6. The van der Waals surface area contributed by atoms with Gasteiger partial charge in [0.1, 0.15) is 6.33 Å². The van der Waals surface area contributed by atoms with Gasteiger partial charge in [-0.15, -0.1) is 0 Å². The molecule has 0 amide bonds. The molecule has 3 heterocycles. The molecule has 1 saturated carbocycles. The zero-order valence-electron chi connectivity index (χ0n) is 18.7. The third-order valence-corrected chi connectivity index (χ3v) is 8.09. The summed E-state index contributed by atoms with van der Waals surface area (Å²) in [6, 6.07) is 8.73. The minimum atomic E-state index is 0.566. The Bertz CT molecular complexity index is 1030. The number of rotatable bonds is 4. The van der Waals surface area contributed by atoms with Gasteiger partial charge in [0.05, 0.1) is 16.3 Å². The number of anilines is 1. The number of piperidine rings is 1. The van der Waals surface area contributed by atoms with Crippen molar-refractivity contribution in [1.82, 2.24) is 15.0 Å². The molecule has 3 aromatic rings. The summed E-state index contributed by atoms with van der Waals surface area (Å²) in [7, 11) is 0. The number of hydrogen-bond donors (Lipinski definition) is 0. The molecule has 1 aromatic carbocycles. The number of aromatic nitrogens is 3. The SMILES string of the molecule is Cc1cccc(-c2nc(N3CCC(C)CC3)sc2-c2ncncc2C2CCCCC2)c1. The average Bonchev–Trinajstić information content (AvgIpc) is 3.25. The highest BCUT2D eigenvalue weighted by molar-refractivity contribution is 7.19. The maximum atomic E-state index is 5.22. The van der Waals surface area contributed by atoms with Gasteiger partial charge in [-0.25, -0.2) is 15.0 Å². The van der Waals surface area contributed by atoms with Crippen molar-refractivity contribution in [2.45, 2.75) is 64.7 Å². The van der Waals surface area contributed by atoms with Gasteiger partial charge < -0.3 is 4.90 Å². The first-order chi connectivity index (χ1) is 15.2. The molecule has 162 valence electrons. The van der Waals surface area contributed by atoms with Gasteiger partial charge in [0.25, 0.3) is 0 Å². The Morgan fingerprint density at radius 2 is 1.81 bits per heavy atom. The Hall–Kier alpha value is -2.27. The van der Waals surface area contributed by atoms with Crippen LogP contribution >= 0.6 is 11.3 Å². The molecular formula is C26H32N4S. The second-order valence-corrected chi connectivity index (χ2v) is 10.4. The van der Waals surface area contributed by atoms with Gasteiger partial charge in [0, 0.05) is 30.4 Å². The van der Waals surface area contributed by atoms with Crippen molar-refractivity contribution in [2.24, 2.45) is 5.92 Å². The molecule has 4 nitrogen and oxygen atoms in total. The summed E-state index contributed by atoms with van der Waals surface area (Å²) >= 11 is 1.82. The van der Waals surface area contributed by atoms with Crippen LogP contribution in [0.1, 0.15) is 68.9 Å². The average molecular weight is 433 g/mol. The van der Waals surface area contributed by atoms with E-state index in [9.17, 15) is 0 Å².